The van der Waals surface area contributed by atoms with Crippen LogP contribution in [0.15, 0.2) is 95.5 Å². The third-order valence-electron chi connectivity index (χ3n) is 7.71. The summed E-state index contributed by atoms with van der Waals surface area (Å²) >= 11 is 16.1. The fourth-order valence-corrected chi connectivity index (χ4v) is 6.30. The highest BCUT2D eigenvalue weighted by atomic mass is 79.9. The highest BCUT2D eigenvalue weighted by molar-refractivity contribution is 9.10. The van der Waals surface area contributed by atoms with E-state index in [1.165, 1.54) is 12.7 Å². The molecule has 1 aliphatic carbocycles. The quantitative estimate of drug-likeness (QED) is 0.127. The largest absolute Gasteiger partial charge is 0.468 e. The second-order valence-corrected chi connectivity index (χ2v) is 12.0. The number of benzene rings is 4. The molecule has 1 aliphatic rings. The minimum atomic E-state index is -1.24. The summed E-state index contributed by atoms with van der Waals surface area (Å²) in [5.74, 6) is 1.19. The van der Waals surface area contributed by atoms with Crippen LogP contribution in [0.25, 0.3) is 11.0 Å². The van der Waals surface area contributed by atoms with Crippen molar-refractivity contribution in [2.24, 2.45) is 0 Å². The van der Waals surface area contributed by atoms with E-state index >= 15 is 0 Å². The van der Waals surface area contributed by atoms with Gasteiger partial charge < -0.3 is 9.30 Å². The maximum atomic E-state index is 14.0. The molecule has 7 heteroatoms. The van der Waals surface area contributed by atoms with E-state index in [2.05, 4.69) is 44.8 Å². The molecule has 40 heavy (non-hydrogen) atoms. The molecular weight excluding hydrogens is 607 g/mol. The number of aromatic nitrogens is 2. The molecule has 0 aliphatic heterocycles. The normalized spacial score (nSPS) is 13.5. The Morgan fingerprint density at radius 3 is 2.12 bits per heavy atom. The first-order valence-electron chi connectivity index (χ1n) is 13.3. The summed E-state index contributed by atoms with van der Waals surface area (Å²) in [5.41, 5.74) is 4.25. The highest BCUT2D eigenvalue weighted by Gasteiger charge is 2.45. The third-order valence-corrected chi connectivity index (χ3v) is 8.71. The van der Waals surface area contributed by atoms with Gasteiger partial charge in [0.2, 0.25) is 0 Å². The Morgan fingerprint density at radius 1 is 0.925 bits per heavy atom. The summed E-state index contributed by atoms with van der Waals surface area (Å²) in [4.78, 5) is 19.0. The van der Waals surface area contributed by atoms with Crippen molar-refractivity contribution in [2.75, 3.05) is 7.11 Å². The fraction of sp³-hybridized carbons (Fsp3) is 0.212. The maximum absolute atomic E-state index is 14.0. The third kappa shape index (κ3) is 4.96. The lowest BCUT2D eigenvalue weighted by atomic mass is 9.69. The van der Waals surface area contributed by atoms with E-state index in [1.54, 1.807) is 24.3 Å². The number of aryl methyl sites for hydroxylation is 2. The molecular formula is C33H27BrCl2N2O2. The molecule has 0 N–H and O–H groups in total. The van der Waals surface area contributed by atoms with Crippen LogP contribution in [0.1, 0.15) is 46.8 Å². The zero-order chi connectivity index (χ0) is 27.9. The Morgan fingerprint density at radius 2 is 1.55 bits per heavy atom. The average Bonchev–Trinajstić information content (AvgIpc) is 3.75. The molecule has 202 valence electrons. The number of halogens is 3. The molecule has 4 nitrogen and oxygen atoms in total. The number of esters is 1. The van der Waals surface area contributed by atoms with Crippen molar-refractivity contribution in [2.45, 2.75) is 37.1 Å². The van der Waals surface area contributed by atoms with E-state index in [1.807, 2.05) is 42.5 Å². The van der Waals surface area contributed by atoms with Crippen molar-refractivity contribution in [3.05, 3.63) is 134 Å². The number of fused-ring (bicyclic) bond motifs is 1. The predicted molar refractivity (Wildman–Crippen MR) is 164 cm³/mol. The molecule has 4 aromatic carbocycles. The molecule has 1 saturated carbocycles. The minimum Gasteiger partial charge on any atom is -0.468 e. The zero-order valence-electron chi connectivity index (χ0n) is 21.9. The lowest BCUT2D eigenvalue weighted by molar-refractivity contribution is -0.144. The maximum Gasteiger partial charge on any atom is 0.325 e. The molecule has 6 rings (SSSR count). The van der Waals surface area contributed by atoms with Gasteiger partial charge in [0.05, 0.1) is 18.1 Å². The van der Waals surface area contributed by atoms with Gasteiger partial charge >= 0.3 is 5.97 Å². The summed E-state index contributed by atoms with van der Waals surface area (Å²) in [6.45, 7) is 0.787. The molecule has 0 saturated heterocycles. The van der Waals surface area contributed by atoms with Crippen molar-refractivity contribution in [1.29, 1.82) is 0 Å². The van der Waals surface area contributed by atoms with E-state index in [9.17, 15) is 4.79 Å². The molecule has 5 aromatic rings. The minimum absolute atomic E-state index is 0.390. The topological polar surface area (TPSA) is 44.1 Å². The summed E-state index contributed by atoms with van der Waals surface area (Å²) in [6, 6.07) is 29.3. The van der Waals surface area contributed by atoms with Crippen molar-refractivity contribution >= 4 is 56.1 Å². The van der Waals surface area contributed by atoms with E-state index in [4.69, 9.17) is 32.9 Å². The number of carbonyl (C=O) groups is 1. The Labute approximate surface area is 252 Å². The van der Waals surface area contributed by atoms with Gasteiger partial charge in [-0.05, 0) is 90.0 Å². The van der Waals surface area contributed by atoms with Crippen molar-refractivity contribution < 1.29 is 9.53 Å². The summed E-state index contributed by atoms with van der Waals surface area (Å²) in [7, 11) is 1.43. The highest BCUT2D eigenvalue weighted by Crippen LogP contribution is 2.44. The summed E-state index contributed by atoms with van der Waals surface area (Å²) in [5, 5.41) is 1.18. The number of nitrogens with zero attached hydrogens (tertiary/aromatic N) is 2. The van der Waals surface area contributed by atoms with Crippen LogP contribution in [0.4, 0.5) is 0 Å². The van der Waals surface area contributed by atoms with Crippen LogP contribution in [0, 0.1) is 0 Å². The Kier molecular flexibility index (Phi) is 7.47. The van der Waals surface area contributed by atoms with Gasteiger partial charge in [-0.3, -0.25) is 4.79 Å². The molecule has 0 atom stereocenters. The first-order chi connectivity index (χ1) is 19.4. The lowest BCUT2D eigenvalue weighted by Crippen LogP contribution is -2.39. The molecule has 0 amide bonds. The van der Waals surface area contributed by atoms with Crippen LogP contribution in [-0.2, 0) is 27.9 Å². The van der Waals surface area contributed by atoms with Gasteiger partial charge in [0.15, 0.2) is 0 Å². The van der Waals surface area contributed by atoms with Gasteiger partial charge in [-0.2, -0.15) is 0 Å². The Bertz CT molecular complexity index is 1650. The predicted octanol–water partition coefficient (Wildman–Crippen LogP) is 8.73. The van der Waals surface area contributed by atoms with Gasteiger partial charge in [0, 0.05) is 27.0 Å². The van der Waals surface area contributed by atoms with Gasteiger partial charge in [0.25, 0.3) is 0 Å². The van der Waals surface area contributed by atoms with Crippen LogP contribution in [0.2, 0.25) is 10.0 Å². The second-order valence-electron chi connectivity index (χ2n) is 10.2. The zero-order valence-corrected chi connectivity index (χ0v) is 25.0. The molecule has 0 unspecified atom stereocenters. The number of methoxy groups -OCH3 is 1. The van der Waals surface area contributed by atoms with Crippen LogP contribution >= 0.6 is 39.1 Å². The number of rotatable bonds is 8. The smallest absolute Gasteiger partial charge is 0.325 e. The van der Waals surface area contributed by atoms with Crippen molar-refractivity contribution in [1.82, 2.24) is 9.55 Å². The van der Waals surface area contributed by atoms with E-state index in [0.717, 1.165) is 63.8 Å². The van der Waals surface area contributed by atoms with Crippen molar-refractivity contribution in [3.63, 3.8) is 0 Å². The first-order valence-corrected chi connectivity index (χ1v) is 14.8. The van der Waals surface area contributed by atoms with Gasteiger partial charge in [0.1, 0.15) is 11.2 Å². The van der Waals surface area contributed by atoms with Crippen molar-refractivity contribution in [3.8, 4) is 0 Å². The van der Waals surface area contributed by atoms with Crippen LogP contribution in [-0.4, -0.2) is 22.6 Å². The molecule has 0 bridgehead atoms. The van der Waals surface area contributed by atoms with E-state index in [0.29, 0.717) is 16.0 Å². The monoisotopic (exact) mass is 632 g/mol. The Hall–Kier alpha value is -3.12. The lowest BCUT2D eigenvalue weighted by Gasteiger charge is -2.33. The number of hydrogen-bond acceptors (Lipinski definition) is 3. The number of imidazole rings is 1. The number of hydrogen-bond donors (Lipinski definition) is 0. The average molecular weight is 634 g/mol. The van der Waals surface area contributed by atoms with E-state index < -0.39 is 5.41 Å². The van der Waals surface area contributed by atoms with Gasteiger partial charge in [-0.25, -0.2) is 4.98 Å². The Balaban J connectivity index is 1.56. The number of carbonyl (C=O) groups excluding carboxylic acids is 1. The number of ether oxygens (including phenoxy) is 1. The fourth-order valence-electron chi connectivity index (χ4n) is 5.60. The first kappa shape index (κ1) is 27.1. The standard InChI is InChI=1S/C33H27BrCl2N2O2/c1-40-32(39)33(23-7-12-27(35)13-8-23,24-9-14-28(36)15-10-24)25-11-16-29-30(20-25)38(31(37-29)22-5-6-22)18-17-21-3-2-4-26(34)19-21/h2-4,7-16,19-20,22H,5-6,17-18H2,1H3. The van der Waals surface area contributed by atoms with Gasteiger partial charge in [-0.15, -0.1) is 0 Å². The molecule has 0 radical (unpaired) electrons. The van der Waals surface area contributed by atoms with Crippen LogP contribution in [0.3, 0.4) is 0 Å². The second kappa shape index (κ2) is 11.0. The van der Waals surface area contributed by atoms with E-state index in [-0.39, 0.29) is 5.97 Å². The molecule has 1 heterocycles. The molecule has 1 fully saturated rings. The van der Waals surface area contributed by atoms with Crippen LogP contribution < -0.4 is 0 Å². The molecule has 0 spiro atoms. The van der Waals surface area contributed by atoms with Gasteiger partial charge in [-0.1, -0.05) is 81.6 Å². The summed E-state index contributed by atoms with van der Waals surface area (Å²) in [6.07, 6.45) is 3.16. The van der Waals surface area contributed by atoms with Crippen LogP contribution in [0.5, 0.6) is 0 Å². The molecule has 1 aromatic heterocycles. The SMILES string of the molecule is COC(=O)C(c1ccc(Cl)cc1)(c1ccc(Cl)cc1)c1ccc2nc(C3CC3)n(CCc3cccc(Br)c3)c2c1. The summed E-state index contributed by atoms with van der Waals surface area (Å²) < 4.78 is 8.92.